The number of nitrogens with one attached hydrogen (secondary N) is 1. The van der Waals surface area contributed by atoms with E-state index in [0.29, 0.717) is 12.0 Å². The molecule has 134 valence electrons. The van der Waals surface area contributed by atoms with Gasteiger partial charge in [-0.2, -0.15) is 0 Å². The van der Waals surface area contributed by atoms with Gasteiger partial charge in [0.2, 0.25) is 0 Å². The topological polar surface area (TPSA) is 49.8 Å². The lowest BCUT2D eigenvalue weighted by Gasteiger charge is -2.24. The zero-order chi connectivity index (χ0) is 16.5. The van der Waals surface area contributed by atoms with Crippen molar-refractivity contribution < 1.29 is 4.74 Å². The summed E-state index contributed by atoms with van der Waals surface area (Å²) in [6.45, 7) is 10.9. The highest BCUT2D eigenvalue weighted by atomic mass is 127. The van der Waals surface area contributed by atoms with Crippen molar-refractivity contribution in [1.82, 2.24) is 15.2 Å². The molecule has 1 N–H and O–H groups in total. The van der Waals surface area contributed by atoms with Crippen molar-refractivity contribution in [3.8, 4) is 0 Å². The van der Waals surface area contributed by atoms with Gasteiger partial charge in [-0.05, 0) is 26.2 Å². The van der Waals surface area contributed by atoms with Crippen LogP contribution in [0.3, 0.4) is 0 Å². The SMILES string of the molecule is CCOC(CCNC(=NC)N(C)Cc1csc(C)n1)C(C)C.I. The molecule has 0 aliphatic heterocycles. The summed E-state index contributed by atoms with van der Waals surface area (Å²) in [5.41, 5.74) is 1.09. The first-order valence-corrected chi connectivity index (χ1v) is 8.80. The highest BCUT2D eigenvalue weighted by molar-refractivity contribution is 14.0. The first-order valence-electron chi connectivity index (χ1n) is 7.92. The number of nitrogens with zero attached hydrogens (tertiary/aromatic N) is 3. The zero-order valence-electron chi connectivity index (χ0n) is 15.1. The van der Waals surface area contributed by atoms with Crippen LogP contribution in [0.15, 0.2) is 10.4 Å². The Labute approximate surface area is 161 Å². The summed E-state index contributed by atoms with van der Waals surface area (Å²) in [7, 11) is 3.85. The van der Waals surface area contributed by atoms with E-state index < -0.39 is 0 Å². The Morgan fingerprint density at radius 3 is 2.65 bits per heavy atom. The van der Waals surface area contributed by atoms with Crippen molar-refractivity contribution in [3.05, 3.63) is 16.1 Å². The third kappa shape index (κ3) is 8.30. The maximum atomic E-state index is 5.78. The molecule has 1 rings (SSSR count). The number of hydrogen-bond acceptors (Lipinski definition) is 4. The molecule has 0 aromatic carbocycles. The van der Waals surface area contributed by atoms with Crippen molar-refractivity contribution in [2.45, 2.75) is 46.8 Å². The van der Waals surface area contributed by atoms with E-state index in [4.69, 9.17) is 4.74 Å². The van der Waals surface area contributed by atoms with Gasteiger partial charge in [0.15, 0.2) is 5.96 Å². The lowest BCUT2D eigenvalue weighted by molar-refractivity contribution is 0.0257. The van der Waals surface area contributed by atoms with Gasteiger partial charge < -0.3 is 15.0 Å². The minimum atomic E-state index is 0. The lowest BCUT2D eigenvalue weighted by Crippen LogP contribution is -2.40. The van der Waals surface area contributed by atoms with Gasteiger partial charge in [-0.1, -0.05) is 13.8 Å². The van der Waals surface area contributed by atoms with E-state index in [1.54, 1.807) is 11.3 Å². The van der Waals surface area contributed by atoms with Crippen LogP contribution in [0.1, 0.15) is 37.9 Å². The molecule has 0 fully saturated rings. The van der Waals surface area contributed by atoms with Gasteiger partial charge in [-0.15, -0.1) is 35.3 Å². The predicted molar refractivity (Wildman–Crippen MR) is 110 cm³/mol. The van der Waals surface area contributed by atoms with Crippen LogP contribution in [0.25, 0.3) is 0 Å². The number of thiazole rings is 1. The summed E-state index contributed by atoms with van der Waals surface area (Å²) in [6.07, 6.45) is 1.27. The summed E-state index contributed by atoms with van der Waals surface area (Å²) in [6, 6.07) is 0. The summed E-state index contributed by atoms with van der Waals surface area (Å²) in [5, 5.41) is 6.61. The van der Waals surface area contributed by atoms with E-state index in [0.717, 1.165) is 42.8 Å². The Hall–Kier alpha value is -0.410. The molecule has 0 aliphatic rings. The Bertz CT molecular complexity index is 465. The first-order chi connectivity index (χ1) is 10.5. The first kappa shape index (κ1) is 22.6. The number of ether oxygens (including phenoxy) is 1. The molecule has 1 aromatic rings. The van der Waals surface area contributed by atoms with Crippen molar-refractivity contribution in [2.75, 3.05) is 27.2 Å². The monoisotopic (exact) mass is 454 g/mol. The summed E-state index contributed by atoms with van der Waals surface area (Å²) in [4.78, 5) is 10.9. The van der Waals surface area contributed by atoms with Gasteiger partial charge in [0.1, 0.15) is 0 Å². The molecule has 1 heterocycles. The predicted octanol–water partition coefficient (Wildman–Crippen LogP) is 3.53. The number of aliphatic imine (C=N–C) groups is 1. The molecule has 0 amide bonds. The number of aromatic nitrogens is 1. The molecule has 23 heavy (non-hydrogen) atoms. The largest absolute Gasteiger partial charge is 0.378 e. The molecule has 1 unspecified atom stereocenters. The smallest absolute Gasteiger partial charge is 0.193 e. The number of aryl methyl sites for hydroxylation is 1. The van der Waals surface area contributed by atoms with Gasteiger partial charge in [0.05, 0.1) is 23.4 Å². The minimum Gasteiger partial charge on any atom is -0.378 e. The van der Waals surface area contributed by atoms with Crippen LogP contribution in [0.5, 0.6) is 0 Å². The third-order valence-electron chi connectivity index (χ3n) is 3.48. The van der Waals surface area contributed by atoms with Gasteiger partial charge in [-0.25, -0.2) is 4.98 Å². The Kier molecular flexibility index (Phi) is 11.8. The maximum Gasteiger partial charge on any atom is 0.193 e. The van der Waals surface area contributed by atoms with Gasteiger partial charge in [0.25, 0.3) is 0 Å². The fraction of sp³-hybridized carbons (Fsp3) is 0.750. The summed E-state index contributed by atoms with van der Waals surface area (Å²) < 4.78 is 5.78. The van der Waals surface area contributed by atoms with Crippen LogP contribution in [-0.4, -0.2) is 49.2 Å². The molecule has 7 heteroatoms. The maximum absolute atomic E-state index is 5.78. The Morgan fingerprint density at radius 1 is 1.48 bits per heavy atom. The summed E-state index contributed by atoms with van der Waals surface area (Å²) >= 11 is 1.68. The molecule has 0 saturated carbocycles. The number of guanidine groups is 1. The molecule has 0 radical (unpaired) electrons. The standard InChI is InChI=1S/C16H30N4OS.HI/c1-7-21-15(12(2)3)8-9-18-16(17-5)20(6)10-14-11-22-13(4)19-14;/h11-12,15H,7-10H2,1-6H3,(H,17,18);1H. The van der Waals surface area contributed by atoms with Gasteiger partial charge in [-0.3, -0.25) is 4.99 Å². The van der Waals surface area contributed by atoms with Crippen LogP contribution < -0.4 is 5.32 Å². The quantitative estimate of drug-likeness (QED) is 0.371. The molecular formula is C16H31IN4OS. The van der Waals surface area contributed by atoms with Gasteiger partial charge in [0, 0.05) is 32.6 Å². The fourth-order valence-electron chi connectivity index (χ4n) is 2.33. The van der Waals surface area contributed by atoms with Crippen LogP contribution in [0.4, 0.5) is 0 Å². The number of hydrogen-bond donors (Lipinski definition) is 1. The van der Waals surface area contributed by atoms with E-state index >= 15 is 0 Å². The van der Waals surface area contributed by atoms with Crippen LogP contribution in [0, 0.1) is 12.8 Å². The second kappa shape index (κ2) is 12.0. The van der Waals surface area contributed by atoms with E-state index in [-0.39, 0.29) is 24.0 Å². The molecule has 0 saturated heterocycles. The Balaban J connectivity index is 0.00000484. The average molecular weight is 454 g/mol. The molecule has 1 atom stereocenters. The Morgan fingerprint density at radius 2 is 2.17 bits per heavy atom. The highest BCUT2D eigenvalue weighted by Gasteiger charge is 2.14. The second-order valence-corrected chi connectivity index (χ2v) is 6.78. The van der Waals surface area contributed by atoms with Crippen molar-refractivity contribution >= 4 is 41.3 Å². The molecule has 0 bridgehead atoms. The molecular weight excluding hydrogens is 423 g/mol. The number of rotatable bonds is 8. The van der Waals surface area contributed by atoms with Crippen molar-refractivity contribution in [1.29, 1.82) is 0 Å². The van der Waals surface area contributed by atoms with Crippen LogP contribution in [-0.2, 0) is 11.3 Å². The fourth-order valence-corrected chi connectivity index (χ4v) is 2.94. The van der Waals surface area contributed by atoms with Gasteiger partial charge >= 0.3 is 0 Å². The normalized spacial score (nSPS) is 12.9. The van der Waals surface area contributed by atoms with E-state index in [1.807, 2.05) is 27.9 Å². The van der Waals surface area contributed by atoms with Crippen molar-refractivity contribution in [3.63, 3.8) is 0 Å². The molecule has 5 nitrogen and oxygen atoms in total. The lowest BCUT2D eigenvalue weighted by atomic mass is 10.0. The number of halogens is 1. The molecule has 1 aromatic heterocycles. The van der Waals surface area contributed by atoms with Crippen molar-refractivity contribution in [2.24, 2.45) is 10.9 Å². The van der Waals surface area contributed by atoms with E-state index in [1.165, 1.54) is 0 Å². The highest BCUT2D eigenvalue weighted by Crippen LogP contribution is 2.11. The molecule has 0 spiro atoms. The summed E-state index contributed by atoms with van der Waals surface area (Å²) in [5.74, 6) is 1.42. The van der Waals surface area contributed by atoms with E-state index in [2.05, 4.69) is 39.4 Å². The van der Waals surface area contributed by atoms with Crippen LogP contribution in [0.2, 0.25) is 0 Å². The minimum absolute atomic E-state index is 0. The van der Waals surface area contributed by atoms with Crippen LogP contribution >= 0.6 is 35.3 Å². The third-order valence-corrected chi connectivity index (χ3v) is 4.30. The molecule has 0 aliphatic carbocycles. The van der Waals surface area contributed by atoms with E-state index in [9.17, 15) is 0 Å². The second-order valence-electron chi connectivity index (χ2n) is 5.71. The average Bonchev–Trinajstić information content (AvgIpc) is 2.87. The zero-order valence-corrected chi connectivity index (χ0v) is 18.3.